The van der Waals surface area contributed by atoms with Crippen molar-refractivity contribution < 1.29 is 4.79 Å². The van der Waals surface area contributed by atoms with Crippen molar-refractivity contribution in [3.8, 4) is 0 Å². The molecule has 0 saturated carbocycles. The molecule has 1 aliphatic heterocycles. The normalized spacial score (nSPS) is 15.1. The molecule has 0 atom stereocenters. The van der Waals surface area contributed by atoms with E-state index in [-0.39, 0.29) is 5.91 Å². The number of hydrogen-bond acceptors (Lipinski definition) is 3. The Balaban J connectivity index is 1.97. The molecule has 0 unspecified atom stereocenters. The summed E-state index contributed by atoms with van der Waals surface area (Å²) in [5, 5.41) is 8.01. The number of hydrogen-bond donors (Lipinski definition) is 0. The summed E-state index contributed by atoms with van der Waals surface area (Å²) in [4.78, 5) is 14.2. The van der Waals surface area contributed by atoms with Gasteiger partial charge in [-0.2, -0.15) is 0 Å². The van der Waals surface area contributed by atoms with E-state index in [0.29, 0.717) is 13.0 Å². The van der Waals surface area contributed by atoms with Crippen molar-refractivity contribution in [2.24, 2.45) is 7.05 Å². The molecule has 1 aromatic heterocycles. The topological polar surface area (TPSA) is 51.0 Å². The smallest absolute Gasteiger partial charge is 0.227 e. The third kappa shape index (κ3) is 2.70. The summed E-state index contributed by atoms with van der Waals surface area (Å²) in [6.07, 6.45) is 4.30. The van der Waals surface area contributed by atoms with Crippen molar-refractivity contribution >= 4 is 34.2 Å². The van der Waals surface area contributed by atoms with Crippen LogP contribution >= 0.6 is 22.6 Å². The maximum absolute atomic E-state index is 12.3. The molecule has 3 rings (SSSR count). The molecule has 20 heavy (non-hydrogen) atoms. The third-order valence-corrected chi connectivity index (χ3v) is 4.11. The molecule has 0 saturated heterocycles. The van der Waals surface area contributed by atoms with Gasteiger partial charge in [0.1, 0.15) is 5.69 Å². The lowest BCUT2D eigenvalue weighted by atomic mass is 10.1. The number of benzene rings is 1. The molecule has 0 spiro atoms. The molecule has 0 fully saturated rings. The van der Waals surface area contributed by atoms with E-state index in [1.807, 2.05) is 30.3 Å². The van der Waals surface area contributed by atoms with Crippen molar-refractivity contribution in [3.05, 3.63) is 39.2 Å². The van der Waals surface area contributed by atoms with Crippen LogP contribution in [0.25, 0.3) is 0 Å². The molecule has 104 valence electrons. The fraction of sp³-hybridized carbons (Fsp3) is 0.357. The lowest BCUT2D eigenvalue weighted by Crippen LogP contribution is -2.29. The summed E-state index contributed by atoms with van der Waals surface area (Å²) in [5.41, 5.74) is 3.07. The van der Waals surface area contributed by atoms with E-state index in [9.17, 15) is 4.79 Å². The average Bonchev–Trinajstić information content (AvgIpc) is 2.75. The van der Waals surface area contributed by atoms with Crippen LogP contribution in [0.1, 0.15) is 24.1 Å². The molecule has 2 heterocycles. The number of carbonyl (C=O) groups excluding carboxylic acids is 1. The first kappa shape index (κ1) is 13.5. The van der Waals surface area contributed by atoms with E-state index in [0.717, 1.165) is 24.2 Å². The number of fused-ring (bicyclic) bond motifs is 1. The lowest BCUT2D eigenvalue weighted by molar-refractivity contribution is -0.118. The van der Waals surface area contributed by atoms with Crippen LogP contribution in [0.4, 0.5) is 5.69 Å². The molecule has 6 heteroatoms. The van der Waals surface area contributed by atoms with Crippen LogP contribution in [0, 0.1) is 3.57 Å². The summed E-state index contributed by atoms with van der Waals surface area (Å²) < 4.78 is 2.86. The SMILES string of the molecule is Cn1cc(CN2C(=O)CCCc3cc(I)ccc32)nn1. The quantitative estimate of drug-likeness (QED) is 0.749. The predicted octanol–water partition coefficient (Wildman–Crippen LogP) is 2.29. The van der Waals surface area contributed by atoms with Crippen molar-refractivity contribution in [2.45, 2.75) is 25.8 Å². The number of aryl methyl sites for hydroxylation is 2. The van der Waals surface area contributed by atoms with Crippen LogP contribution in [0.3, 0.4) is 0 Å². The average molecular weight is 382 g/mol. The molecular formula is C14H15IN4O. The Morgan fingerprint density at radius 1 is 1.35 bits per heavy atom. The largest absolute Gasteiger partial charge is 0.306 e. The molecule has 0 bridgehead atoms. The van der Waals surface area contributed by atoms with Gasteiger partial charge < -0.3 is 4.90 Å². The minimum Gasteiger partial charge on any atom is -0.306 e. The monoisotopic (exact) mass is 382 g/mol. The molecular weight excluding hydrogens is 367 g/mol. The zero-order chi connectivity index (χ0) is 14.1. The number of anilines is 1. The van der Waals surface area contributed by atoms with Gasteiger partial charge in [0.25, 0.3) is 0 Å². The first-order valence-corrected chi connectivity index (χ1v) is 7.65. The number of halogens is 1. The predicted molar refractivity (Wildman–Crippen MR) is 84.3 cm³/mol. The highest BCUT2D eigenvalue weighted by molar-refractivity contribution is 14.1. The molecule has 0 aliphatic carbocycles. The van der Waals surface area contributed by atoms with Gasteiger partial charge >= 0.3 is 0 Å². The molecule has 2 aromatic rings. The van der Waals surface area contributed by atoms with Crippen LogP contribution in [0.5, 0.6) is 0 Å². The maximum atomic E-state index is 12.3. The summed E-state index contributed by atoms with van der Waals surface area (Å²) in [5.74, 6) is 0.163. The van der Waals surface area contributed by atoms with Gasteiger partial charge in [-0.1, -0.05) is 5.21 Å². The van der Waals surface area contributed by atoms with Crippen LogP contribution in [0.15, 0.2) is 24.4 Å². The second-order valence-electron chi connectivity index (χ2n) is 4.99. The lowest BCUT2D eigenvalue weighted by Gasteiger charge is -2.22. The van der Waals surface area contributed by atoms with Gasteiger partial charge in [-0.25, -0.2) is 0 Å². The highest BCUT2D eigenvalue weighted by Gasteiger charge is 2.23. The van der Waals surface area contributed by atoms with Crippen LogP contribution in [-0.4, -0.2) is 20.9 Å². The van der Waals surface area contributed by atoms with Crippen molar-refractivity contribution in [1.82, 2.24) is 15.0 Å². The Kier molecular flexibility index (Phi) is 3.73. The second kappa shape index (κ2) is 5.51. The Hall–Kier alpha value is -1.44. The minimum absolute atomic E-state index is 0.163. The molecule has 0 N–H and O–H groups in total. The van der Waals surface area contributed by atoms with Crippen LogP contribution in [-0.2, 0) is 24.8 Å². The van der Waals surface area contributed by atoms with Crippen LogP contribution < -0.4 is 4.90 Å². The highest BCUT2D eigenvalue weighted by atomic mass is 127. The Morgan fingerprint density at radius 3 is 2.95 bits per heavy atom. The van der Waals surface area contributed by atoms with E-state index in [2.05, 4.69) is 39.0 Å². The Bertz CT molecular complexity index is 652. The van der Waals surface area contributed by atoms with Crippen molar-refractivity contribution in [3.63, 3.8) is 0 Å². The summed E-state index contributed by atoms with van der Waals surface area (Å²) in [6, 6.07) is 6.25. The van der Waals surface area contributed by atoms with Gasteiger partial charge in [-0.3, -0.25) is 9.48 Å². The zero-order valence-electron chi connectivity index (χ0n) is 11.2. The number of amides is 1. The van der Waals surface area contributed by atoms with Crippen molar-refractivity contribution in [1.29, 1.82) is 0 Å². The maximum Gasteiger partial charge on any atom is 0.227 e. The number of carbonyl (C=O) groups is 1. The summed E-state index contributed by atoms with van der Waals surface area (Å²) in [6.45, 7) is 0.486. The number of rotatable bonds is 2. The fourth-order valence-electron chi connectivity index (χ4n) is 2.52. The highest BCUT2D eigenvalue weighted by Crippen LogP contribution is 2.29. The van der Waals surface area contributed by atoms with Crippen LogP contribution in [0.2, 0.25) is 0 Å². The van der Waals surface area contributed by atoms with Gasteiger partial charge in [0, 0.05) is 28.9 Å². The van der Waals surface area contributed by atoms with Gasteiger partial charge in [-0.05, 0) is 59.2 Å². The molecule has 0 radical (unpaired) electrons. The second-order valence-corrected chi connectivity index (χ2v) is 6.24. The fourth-order valence-corrected chi connectivity index (χ4v) is 3.08. The van der Waals surface area contributed by atoms with E-state index < -0.39 is 0 Å². The van der Waals surface area contributed by atoms with Gasteiger partial charge in [0.05, 0.1) is 6.54 Å². The van der Waals surface area contributed by atoms with Gasteiger partial charge in [0.2, 0.25) is 5.91 Å². The Morgan fingerprint density at radius 2 is 2.20 bits per heavy atom. The van der Waals surface area contributed by atoms with E-state index in [4.69, 9.17) is 0 Å². The third-order valence-electron chi connectivity index (χ3n) is 3.44. The number of nitrogens with zero attached hydrogens (tertiary/aromatic N) is 4. The minimum atomic E-state index is 0.163. The number of aromatic nitrogens is 3. The summed E-state index contributed by atoms with van der Waals surface area (Å²) >= 11 is 2.31. The molecule has 5 nitrogen and oxygen atoms in total. The van der Waals surface area contributed by atoms with Gasteiger partial charge in [0.15, 0.2) is 0 Å². The molecule has 1 aromatic carbocycles. The first-order chi connectivity index (χ1) is 9.63. The molecule has 1 aliphatic rings. The van der Waals surface area contributed by atoms with E-state index >= 15 is 0 Å². The van der Waals surface area contributed by atoms with Crippen molar-refractivity contribution in [2.75, 3.05) is 4.90 Å². The van der Waals surface area contributed by atoms with E-state index in [1.165, 1.54) is 9.13 Å². The first-order valence-electron chi connectivity index (χ1n) is 6.57. The summed E-state index contributed by atoms with van der Waals surface area (Å²) in [7, 11) is 1.83. The van der Waals surface area contributed by atoms with E-state index in [1.54, 1.807) is 4.68 Å². The Labute approximate surface area is 131 Å². The van der Waals surface area contributed by atoms with Gasteiger partial charge in [-0.15, -0.1) is 5.10 Å². The molecule has 1 amide bonds. The zero-order valence-corrected chi connectivity index (χ0v) is 13.4. The standard InChI is InChI=1S/C14H15IN4O/c1-18-8-12(16-17-18)9-19-13-6-5-11(15)7-10(13)3-2-4-14(19)20/h5-8H,2-4,9H2,1H3.